The molecule has 0 saturated heterocycles. The van der Waals surface area contributed by atoms with Crippen LogP contribution in [0, 0.1) is 0 Å². The van der Waals surface area contributed by atoms with E-state index in [4.69, 9.17) is 11.6 Å². The van der Waals surface area contributed by atoms with Crippen molar-refractivity contribution in [3.8, 4) is 0 Å². The molecule has 0 bridgehead atoms. The smallest absolute Gasteiger partial charge is 0.251 e. The molecule has 0 atom stereocenters. The number of H-pyrrole nitrogens is 1. The Morgan fingerprint density at radius 1 is 1.25 bits per heavy atom. The van der Waals surface area contributed by atoms with Gasteiger partial charge in [0.2, 0.25) is 0 Å². The molecule has 1 aromatic carbocycles. The summed E-state index contributed by atoms with van der Waals surface area (Å²) in [6.45, 7) is 5.96. The Kier molecular flexibility index (Phi) is 4.56. The third-order valence-electron chi connectivity index (χ3n) is 2.26. The lowest BCUT2D eigenvalue weighted by atomic mass is 10.1. The van der Waals surface area contributed by atoms with Crippen molar-refractivity contribution >= 4 is 22.5 Å². The van der Waals surface area contributed by atoms with Crippen LogP contribution in [-0.4, -0.2) is 4.98 Å². The molecule has 2 rings (SSSR count). The molecule has 1 heterocycles. The Bertz CT molecular complexity index is 531. The molecule has 0 aliphatic heterocycles. The molecule has 1 N–H and O–H groups in total. The summed E-state index contributed by atoms with van der Waals surface area (Å²) in [5, 5.41) is 1.67. The first-order valence-corrected chi connectivity index (χ1v) is 5.90. The van der Waals surface area contributed by atoms with Gasteiger partial charge in [0, 0.05) is 16.1 Å². The fourth-order valence-corrected chi connectivity index (χ4v) is 1.67. The highest BCUT2D eigenvalue weighted by Crippen LogP contribution is 2.17. The number of hydrogen-bond donors (Lipinski definition) is 1. The van der Waals surface area contributed by atoms with E-state index >= 15 is 0 Å². The molecular weight excluding hydrogens is 222 g/mol. The summed E-state index contributed by atoms with van der Waals surface area (Å²) < 4.78 is 0. The van der Waals surface area contributed by atoms with Gasteiger partial charge >= 0.3 is 0 Å². The molecule has 0 aliphatic rings. The van der Waals surface area contributed by atoms with Gasteiger partial charge in [-0.2, -0.15) is 0 Å². The predicted octanol–water partition coefficient (Wildman–Crippen LogP) is 3.77. The molecular formula is C13H16ClNO. The summed E-state index contributed by atoms with van der Waals surface area (Å²) in [4.78, 5) is 14.3. The van der Waals surface area contributed by atoms with E-state index in [9.17, 15) is 4.79 Å². The molecule has 0 aliphatic carbocycles. The van der Waals surface area contributed by atoms with Crippen molar-refractivity contribution in [1.29, 1.82) is 0 Å². The van der Waals surface area contributed by atoms with Gasteiger partial charge in [-0.05, 0) is 36.1 Å². The van der Waals surface area contributed by atoms with Crippen LogP contribution in [0.2, 0.25) is 5.02 Å². The summed E-state index contributed by atoms with van der Waals surface area (Å²) in [5.41, 5.74) is 1.61. The maximum atomic E-state index is 11.5. The average molecular weight is 238 g/mol. The molecule has 0 spiro atoms. The van der Waals surface area contributed by atoms with Gasteiger partial charge in [0.05, 0.1) is 0 Å². The predicted molar refractivity (Wildman–Crippen MR) is 70.3 cm³/mol. The summed E-state index contributed by atoms with van der Waals surface area (Å²) in [5.74, 6) is 0. The second-order valence-electron chi connectivity index (χ2n) is 3.21. The van der Waals surface area contributed by atoms with Crippen LogP contribution >= 0.6 is 11.6 Å². The van der Waals surface area contributed by atoms with Gasteiger partial charge < -0.3 is 4.98 Å². The van der Waals surface area contributed by atoms with Gasteiger partial charge in [-0.15, -0.1) is 0 Å². The zero-order chi connectivity index (χ0) is 12.1. The Hall–Kier alpha value is -1.28. The highest BCUT2D eigenvalue weighted by atomic mass is 35.5. The van der Waals surface area contributed by atoms with Crippen LogP contribution in [0.1, 0.15) is 26.3 Å². The Labute approximate surface area is 100 Å². The van der Waals surface area contributed by atoms with Crippen molar-refractivity contribution in [2.24, 2.45) is 0 Å². The summed E-state index contributed by atoms with van der Waals surface area (Å²) >= 11 is 5.86. The van der Waals surface area contributed by atoms with Gasteiger partial charge in [0.1, 0.15) is 0 Å². The topological polar surface area (TPSA) is 32.9 Å². The van der Waals surface area contributed by atoms with Gasteiger partial charge in [-0.1, -0.05) is 32.4 Å². The second kappa shape index (κ2) is 5.71. The van der Waals surface area contributed by atoms with Crippen LogP contribution in [0.4, 0.5) is 0 Å². The van der Waals surface area contributed by atoms with Crippen molar-refractivity contribution in [3.05, 3.63) is 45.2 Å². The van der Waals surface area contributed by atoms with Crippen molar-refractivity contribution in [3.63, 3.8) is 0 Å². The standard InChI is InChI=1S/C11H10ClNO.C2H6/c1-2-7-5-8-6-9(12)3-4-10(8)13-11(7)14;1-2/h3-6H,2H2,1H3,(H,13,14);1-2H3. The van der Waals surface area contributed by atoms with Gasteiger partial charge in [-0.25, -0.2) is 0 Å². The van der Waals surface area contributed by atoms with E-state index in [0.717, 1.165) is 22.9 Å². The highest BCUT2D eigenvalue weighted by molar-refractivity contribution is 6.31. The van der Waals surface area contributed by atoms with Gasteiger partial charge in [0.25, 0.3) is 5.56 Å². The first kappa shape index (κ1) is 12.8. The molecule has 2 aromatic rings. The first-order chi connectivity index (χ1) is 7.70. The molecule has 0 fully saturated rings. The minimum Gasteiger partial charge on any atom is -0.322 e. The number of rotatable bonds is 1. The number of nitrogens with one attached hydrogen (secondary N) is 1. The van der Waals surface area contributed by atoms with Crippen LogP contribution in [0.25, 0.3) is 10.9 Å². The zero-order valence-corrected chi connectivity index (χ0v) is 10.6. The monoisotopic (exact) mass is 237 g/mol. The minimum atomic E-state index is -0.0117. The van der Waals surface area contributed by atoms with Crippen LogP contribution in [0.5, 0.6) is 0 Å². The van der Waals surface area contributed by atoms with Gasteiger partial charge in [0.15, 0.2) is 0 Å². The van der Waals surface area contributed by atoms with E-state index in [1.54, 1.807) is 6.07 Å². The molecule has 1 aromatic heterocycles. The van der Waals surface area contributed by atoms with Crippen molar-refractivity contribution in [2.45, 2.75) is 27.2 Å². The number of aromatic nitrogens is 1. The molecule has 0 unspecified atom stereocenters. The molecule has 2 nitrogen and oxygen atoms in total. The van der Waals surface area contributed by atoms with E-state index < -0.39 is 0 Å². The van der Waals surface area contributed by atoms with E-state index in [-0.39, 0.29) is 5.56 Å². The second-order valence-corrected chi connectivity index (χ2v) is 3.65. The third kappa shape index (κ3) is 2.64. The van der Waals surface area contributed by atoms with Crippen molar-refractivity contribution in [1.82, 2.24) is 4.98 Å². The Morgan fingerprint density at radius 2 is 1.94 bits per heavy atom. The first-order valence-electron chi connectivity index (χ1n) is 5.52. The average Bonchev–Trinajstić information content (AvgIpc) is 2.31. The number of benzene rings is 1. The number of halogens is 1. The maximum absolute atomic E-state index is 11.5. The van der Waals surface area contributed by atoms with Crippen LogP contribution < -0.4 is 5.56 Å². The van der Waals surface area contributed by atoms with Crippen molar-refractivity contribution in [2.75, 3.05) is 0 Å². The lowest BCUT2D eigenvalue weighted by molar-refractivity contribution is 1.08. The number of aromatic amines is 1. The minimum absolute atomic E-state index is 0.0117. The fourth-order valence-electron chi connectivity index (χ4n) is 1.49. The fraction of sp³-hybridized carbons (Fsp3) is 0.308. The maximum Gasteiger partial charge on any atom is 0.251 e. The highest BCUT2D eigenvalue weighted by Gasteiger charge is 2.00. The number of pyridine rings is 1. The SMILES string of the molecule is CC.CCc1cc2cc(Cl)ccc2[nH]c1=O. The Balaban J connectivity index is 0.000000606. The summed E-state index contributed by atoms with van der Waals surface area (Å²) in [7, 11) is 0. The zero-order valence-electron chi connectivity index (χ0n) is 9.80. The summed E-state index contributed by atoms with van der Waals surface area (Å²) in [6, 6.07) is 7.33. The molecule has 3 heteroatoms. The number of hydrogen-bond acceptors (Lipinski definition) is 1. The van der Waals surface area contributed by atoms with Crippen LogP contribution in [-0.2, 0) is 6.42 Å². The molecule has 16 heavy (non-hydrogen) atoms. The third-order valence-corrected chi connectivity index (χ3v) is 2.50. The van der Waals surface area contributed by atoms with Crippen LogP contribution in [0.3, 0.4) is 0 Å². The number of fused-ring (bicyclic) bond motifs is 1. The Morgan fingerprint density at radius 3 is 2.56 bits per heavy atom. The molecule has 0 saturated carbocycles. The van der Waals surface area contributed by atoms with E-state index in [1.165, 1.54) is 0 Å². The molecule has 86 valence electrons. The number of aryl methyl sites for hydroxylation is 1. The summed E-state index contributed by atoms with van der Waals surface area (Å²) in [6.07, 6.45) is 0.734. The lowest BCUT2D eigenvalue weighted by Crippen LogP contribution is -2.10. The molecule has 0 amide bonds. The molecule has 0 radical (unpaired) electrons. The van der Waals surface area contributed by atoms with Crippen molar-refractivity contribution < 1.29 is 0 Å². The van der Waals surface area contributed by atoms with E-state index in [1.807, 2.05) is 39.0 Å². The normalized spacial score (nSPS) is 9.75. The lowest BCUT2D eigenvalue weighted by Gasteiger charge is -2.00. The van der Waals surface area contributed by atoms with E-state index in [2.05, 4.69) is 4.98 Å². The largest absolute Gasteiger partial charge is 0.322 e. The quantitative estimate of drug-likeness (QED) is 0.805. The van der Waals surface area contributed by atoms with Crippen LogP contribution in [0.15, 0.2) is 29.1 Å². The van der Waals surface area contributed by atoms with Gasteiger partial charge in [-0.3, -0.25) is 4.79 Å². The van der Waals surface area contributed by atoms with E-state index in [0.29, 0.717) is 5.02 Å².